The van der Waals surface area contributed by atoms with E-state index in [1.54, 1.807) is 6.92 Å². The van der Waals surface area contributed by atoms with Gasteiger partial charge in [0.1, 0.15) is 16.5 Å². The highest BCUT2D eigenvalue weighted by molar-refractivity contribution is 6.44. The SMILES string of the molecule is CCOC(=O)/C(C#N)=C\c1c(C)cc(C)c(C(Cl)Cl)c1C. The van der Waals surface area contributed by atoms with Gasteiger partial charge in [-0.15, -0.1) is 23.2 Å². The maximum Gasteiger partial charge on any atom is 0.348 e. The molecule has 112 valence electrons. The molecule has 5 heteroatoms. The first-order valence-corrected chi connectivity index (χ1v) is 7.38. The van der Waals surface area contributed by atoms with E-state index < -0.39 is 10.8 Å². The second-order valence-electron chi connectivity index (χ2n) is 4.65. The zero-order valence-corrected chi connectivity index (χ0v) is 14.0. The molecule has 0 heterocycles. The summed E-state index contributed by atoms with van der Waals surface area (Å²) in [6.07, 6.45) is 1.53. The average Bonchev–Trinajstić information content (AvgIpc) is 2.38. The van der Waals surface area contributed by atoms with Crippen molar-refractivity contribution < 1.29 is 9.53 Å². The summed E-state index contributed by atoms with van der Waals surface area (Å²) in [4.78, 5) is 11.1. The Balaban J connectivity index is 3.47. The Hall–Kier alpha value is -1.50. The first kappa shape index (κ1) is 17.6. The number of halogens is 2. The highest BCUT2D eigenvalue weighted by Gasteiger charge is 2.17. The van der Waals surface area contributed by atoms with E-state index >= 15 is 0 Å². The number of esters is 1. The summed E-state index contributed by atoms with van der Waals surface area (Å²) in [5, 5.41) is 9.13. The molecule has 0 N–H and O–H groups in total. The summed E-state index contributed by atoms with van der Waals surface area (Å²) in [6.45, 7) is 7.63. The second kappa shape index (κ2) is 7.49. The smallest absolute Gasteiger partial charge is 0.348 e. The molecule has 0 unspecified atom stereocenters. The minimum absolute atomic E-state index is 0.0430. The number of aryl methyl sites for hydroxylation is 2. The molecule has 0 aliphatic carbocycles. The van der Waals surface area contributed by atoms with Gasteiger partial charge in [-0.05, 0) is 61.6 Å². The lowest BCUT2D eigenvalue weighted by molar-refractivity contribution is -0.137. The van der Waals surface area contributed by atoms with Crippen LogP contribution in [0.15, 0.2) is 11.6 Å². The lowest BCUT2D eigenvalue weighted by Crippen LogP contribution is -2.07. The standard InChI is InChI=1S/C16H17Cl2NO2/c1-5-21-16(20)12(8-19)7-13-9(2)6-10(3)14(11(13)4)15(17)18/h6-7,15H,5H2,1-4H3/b12-7-. The Labute approximate surface area is 135 Å². The molecule has 1 aromatic rings. The van der Waals surface area contributed by atoms with E-state index in [4.69, 9.17) is 33.2 Å². The summed E-state index contributed by atoms with van der Waals surface area (Å²) < 4.78 is 4.87. The van der Waals surface area contributed by atoms with Gasteiger partial charge in [0, 0.05) is 0 Å². The number of alkyl halides is 2. The predicted octanol–water partition coefficient (Wildman–Crippen LogP) is 4.56. The van der Waals surface area contributed by atoms with E-state index in [0.717, 1.165) is 27.8 Å². The molecule has 0 fully saturated rings. The third-order valence-corrected chi connectivity index (χ3v) is 3.65. The van der Waals surface area contributed by atoms with Crippen LogP contribution in [0.3, 0.4) is 0 Å². The number of carbonyl (C=O) groups is 1. The van der Waals surface area contributed by atoms with Crippen molar-refractivity contribution >= 4 is 35.2 Å². The normalized spacial score (nSPS) is 11.4. The van der Waals surface area contributed by atoms with Gasteiger partial charge >= 0.3 is 5.97 Å². The lowest BCUT2D eigenvalue weighted by atomic mass is 9.93. The van der Waals surface area contributed by atoms with Gasteiger partial charge < -0.3 is 4.74 Å². The van der Waals surface area contributed by atoms with Crippen LogP contribution in [-0.4, -0.2) is 12.6 Å². The van der Waals surface area contributed by atoms with Crippen molar-refractivity contribution in [3.8, 4) is 6.07 Å². The number of benzene rings is 1. The van der Waals surface area contributed by atoms with Crippen molar-refractivity contribution in [2.24, 2.45) is 0 Å². The van der Waals surface area contributed by atoms with E-state index in [0.29, 0.717) is 0 Å². The molecule has 1 rings (SSSR count). The molecule has 0 amide bonds. The Morgan fingerprint density at radius 1 is 1.38 bits per heavy atom. The number of hydrogen-bond acceptors (Lipinski definition) is 3. The summed E-state index contributed by atoms with van der Waals surface area (Å²) in [5.41, 5.74) is 4.31. The van der Waals surface area contributed by atoms with Crippen LogP contribution in [0, 0.1) is 32.1 Å². The lowest BCUT2D eigenvalue weighted by Gasteiger charge is -2.16. The minimum Gasteiger partial charge on any atom is -0.462 e. The molecule has 1 aromatic carbocycles. The van der Waals surface area contributed by atoms with Gasteiger partial charge in [-0.3, -0.25) is 0 Å². The number of nitrogens with zero attached hydrogens (tertiary/aromatic N) is 1. The summed E-state index contributed by atoms with van der Waals surface area (Å²) in [7, 11) is 0. The van der Waals surface area contributed by atoms with Gasteiger partial charge in [0.2, 0.25) is 0 Å². The largest absolute Gasteiger partial charge is 0.462 e. The zero-order valence-electron chi connectivity index (χ0n) is 12.5. The maximum atomic E-state index is 11.7. The number of nitriles is 1. The van der Waals surface area contributed by atoms with Gasteiger partial charge in [0.25, 0.3) is 0 Å². The van der Waals surface area contributed by atoms with Crippen LogP contribution in [0.2, 0.25) is 0 Å². The molecule has 0 aromatic heterocycles. The van der Waals surface area contributed by atoms with Gasteiger partial charge in [-0.1, -0.05) is 6.07 Å². The van der Waals surface area contributed by atoms with E-state index in [9.17, 15) is 4.79 Å². The fraction of sp³-hybridized carbons (Fsp3) is 0.375. The predicted molar refractivity (Wildman–Crippen MR) is 85.3 cm³/mol. The Morgan fingerprint density at radius 2 is 2.00 bits per heavy atom. The summed E-state index contributed by atoms with van der Waals surface area (Å²) in [5.74, 6) is -0.630. The Morgan fingerprint density at radius 3 is 2.48 bits per heavy atom. The van der Waals surface area contributed by atoms with Crippen LogP contribution in [0.25, 0.3) is 6.08 Å². The third kappa shape index (κ3) is 4.00. The van der Waals surface area contributed by atoms with Crippen LogP contribution in [0.4, 0.5) is 0 Å². The van der Waals surface area contributed by atoms with Crippen molar-refractivity contribution in [1.29, 1.82) is 5.26 Å². The van der Waals surface area contributed by atoms with Gasteiger partial charge in [-0.25, -0.2) is 4.79 Å². The number of ether oxygens (including phenoxy) is 1. The first-order chi connectivity index (χ1) is 9.83. The Kier molecular flexibility index (Phi) is 6.26. The number of carbonyl (C=O) groups excluding carboxylic acids is 1. The molecule has 0 aliphatic heterocycles. The summed E-state index contributed by atoms with van der Waals surface area (Å²) in [6, 6.07) is 3.81. The monoisotopic (exact) mass is 325 g/mol. The third-order valence-electron chi connectivity index (χ3n) is 3.21. The molecule has 0 radical (unpaired) electrons. The maximum absolute atomic E-state index is 11.7. The van der Waals surface area contributed by atoms with Crippen molar-refractivity contribution in [3.63, 3.8) is 0 Å². The first-order valence-electron chi connectivity index (χ1n) is 6.51. The van der Waals surface area contributed by atoms with Crippen LogP contribution in [0.1, 0.15) is 39.6 Å². The second-order valence-corrected chi connectivity index (χ2v) is 5.75. The highest BCUT2D eigenvalue weighted by Crippen LogP contribution is 2.34. The molecule has 21 heavy (non-hydrogen) atoms. The van der Waals surface area contributed by atoms with Crippen molar-refractivity contribution in [2.45, 2.75) is 32.5 Å². The minimum atomic E-state index is -0.661. The fourth-order valence-electron chi connectivity index (χ4n) is 2.26. The molecule has 0 atom stereocenters. The molecular weight excluding hydrogens is 309 g/mol. The van der Waals surface area contributed by atoms with E-state index in [1.165, 1.54) is 6.08 Å². The number of hydrogen-bond donors (Lipinski definition) is 0. The van der Waals surface area contributed by atoms with Gasteiger partial charge in [0.15, 0.2) is 0 Å². The Bertz CT molecular complexity index is 628. The molecule has 3 nitrogen and oxygen atoms in total. The fourth-order valence-corrected chi connectivity index (χ4v) is 2.94. The van der Waals surface area contributed by atoms with Crippen LogP contribution < -0.4 is 0 Å². The van der Waals surface area contributed by atoms with Gasteiger partial charge in [-0.2, -0.15) is 5.26 Å². The molecule has 0 spiro atoms. The van der Waals surface area contributed by atoms with Crippen LogP contribution in [0.5, 0.6) is 0 Å². The molecule has 0 aliphatic rings. The topological polar surface area (TPSA) is 50.1 Å². The molecular formula is C16H17Cl2NO2. The van der Waals surface area contributed by atoms with Crippen molar-refractivity contribution in [1.82, 2.24) is 0 Å². The molecule has 0 saturated carbocycles. The van der Waals surface area contributed by atoms with Crippen LogP contribution in [-0.2, 0) is 9.53 Å². The quantitative estimate of drug-likeness (QED) is 0.353. The highest BCUT2D eigenvalue weighted by atomic mass is 35.5. The average molecular weight is 326 g/mol. The van der Waals surface area contributed by atoms with Crippen LogP contribution >= 0.6 is 23.2 Å². The van der Waals surface area contributed by atoms with Crippen molar-refractivity contribution in [3.05, 3.63) is 39.5 Å². The van der Waals surface area contributed by atoms with E-state index in [2.05, 4.69) is 0 Å². The van der Waals surface area contributed by atoms with E-state index in [1.807, 2.05) is 32.9 Å². The summed E-state index contributed by atoms with van der Waals surface area (Å²) >= 11 is 12.0. The number of rotatable bonds is 4. The zero-order chi connectivity index (χ0) is 16.2. The van der Waals surface area contributed by atoms with E-state index in [-0.39, 0.29) is 12.2 Å². The van der Waals surface area contributed by atoms with Crippen molar-refractivity contribution in [2.75, 3.05) is 6.61 Å². The molecule has 0 saturated heterocycles. The van der Waals surface area contributed by atoms with Gasteiger partial charge in [0.05, 0.1) is 6.61 Å². The molecule has 0 bridgehead atoms.